The van der Waals surface area contributed by atoms with Gasteiger partial charge in [-0.15, -0.1) is 0 Å². The van der Waals surface area contributed by atoms with E-state index in [1.165, 1.54) is 135 Å². The minimum atomic E-state index is -0.817. The molecule has 0 bridgehead atoms. The van der Waals surface area contributed by atoms with Gasteiger partial charge in [0.1, 0.15) is 13.2 Å². The highest BCUT2D eigenvalue weighted by atomic mass is 16.6. The summed E-state index contributed by atoms with van der Waals surface area (Å²) in [6.45, 7) is 6.44. The summed E-state index contributed by atoms with van der Waals surface area (Å²) in [6.07, 6.45) is 75.5. The van der Waals surface area contributed by atoms with Crippen LogP contribution in [0.5, 0.6) is 0 Å². The van der Waals surface area contributed by atoms with Crippen LogP contribution in [0.25, 0.3) is 0 Å². The number of esters is 3. The Balaban J connectivity index is 4.51. The van der Waals surface area contributed by atoms with E-state index in [9.17, 15) is 14.4 Å². The van der Waals surface area contributed by atoms with Crippen molar-refractivity contribution in [2.24, 2.45) is 0 Å². The number of hydrogen-bond acceptors (Lipinski definition) is 6. The van der Waals surface area contributed by atoms with Crippen molar-refractivity contribution in [2.45, 2.75) is 271 Å². The number of allylic oxidation sites excluding steroid dienone is 16. The standard InChI is InChI=1S/C63H106O6/c1-4-7-10-13-16-19-22-25-28-30-31-33-36-39-42-45-48-51-54-57-63(66)69-60(58-67-61(64)55-52-49-46-43-40-37-34-27-24-21-18-15-12-9-6-3)59-68-62(65)56-53-50-47-44-41-38-35-32-29-26-23-20-17-14-11-8-5-2/h9,12,18,21,25-29,34-35,38,40,43-44,47,60H,4-8,10-11,13-17,19-20,22-24,30-33,36-37,39,41-42,45-46,48-59H2,1-3H3/b12-9-,21-18-,28-25-,29-26-,34-27-,38-35-,43-40-,47-44-/t60-/m1/s1. The first kappa shape index (κ1) is 65.3. The molecule has 0 unspecified atom stereocenters. The molecule has 0 amide bonds. The molecule has 0 aromatic carbocycles. The minimum Gasteiger partial charge on any atom is -0.462 e. The molecule has 69 heavy (non-hydrogen) atoms. The molecule has 1 atom stereocenters. The van der Waals surface area contributed by atoms with Crippen LogP contribution in [0.1, 0.15) is 265 Å². The Morgan fingerprint density at radius 3 is 0.986 bits per heavy atom. The van der Waals surface area contributed by atoms with Gasteiger partial charge in [0, 0.05) is 19.3 Å². The molecule has 0 aliphatic heterocycles. The molecule has 0 spiro atoms. The van der Waals surface area contributed by atoms with Gasteiger partial charge in [-0.3, -0.25) is 14.4 Å². The first-order valence-electron chi connectivity index (χ1n) is 28.7. The summed E-state index contributed by atoms with van der Waals surface area (Å²) in [5, 5.41) is 0. The van der Waals surface area contributed by atoms with Gasteiger partial charge in [0.25, 0.3) is 0 Å². The van der Waals surface area contributed by atoms with Crippen molar-refractivity contribution in [1.82, 2.24) is 0 Å². The Morgan fingerprint density at radius 2 is 0.580 bits per heavy atom. The smallest absolute Gasteiger partial charge is 0.306 e. The number of carbonyl (C=O) groups excluding carboxylic acids is 3. The average Bonchev–Trinajstić information content (AvgIpc) is 3.35. The molecule has 6 nitrogen and oxygen atoms in total. The first-order chi connectivity index (χ1) is 34.0. The van der Waals surface area contributed by atoms with Gasteiger partial charge in [0.15, 0.2) is 6.10 Å². The molecule has 394 valence electrons. The van der Waals surface area contributed by atoms with Gasteiger partial charge in [-0.05, 0) is 116 Å². The fraction of sp³-hybridized carbons (Fsp3) is 0.698. The summed E-state index contributed by atoms with van der Waals surface area (Å²) >= 11 is 0. The van der Waals surface area contributed by atoms with Gasteiger partial charge < -0.3 is 14.2 Å². The largest absolute Gasteiger partial charge is 0.462 e. The molecular weight excluding hydrogens is 853 g/mol. The van der Waals surface area contributed by atoms with Gasteiger partial charge in [0.05, 0.1) is 0 Å². The van der Waals surface area contributed by atoms with Gasteiger partial charge in [0.2, 0.25) is 0 Å². The predicted octanol–water partition coefficient (Wildman–Crippen LogP) is 19.3. The molecule has 0 aliphatic carbocycles. The molecule has 0 radical (unpaired) electrons. The normalized spacial score (nSPS) is 12.8. The zero-order chi connectivity index (χ0) is 50.0. The highest BCUT2D eigenvalue weighted by Crippen LogP contribution is 2.14. The van der Waals surface area contributed by atoms with Crippen molar-refractivity contribution >= 4 is 17.9 Å². The first-order valence-corrected chi connectivity index (χ1v) is 28.7. The van der Waals surface area contributed by atoms with E-state index in [1.54, 1.807) is 0 Å². The molecular formula is C63H106O6. The summed E-state index contributed by atoms with van der Waals surface area (Å²) in [4.78, 5) is 38.1. The third kappa shape index (κ3) is 55.1. The summed E-state index contributed by atoms with van der Waals surface area (Å²) < 4.78 is 16.8. The van der Waals surface area contributed by atoms with Crippen LogP contribution in [-0.4, -0.2) is 37.2 Å². The maximum absolute atomic E-state index is 12.9. The Hall–Kier alpha value is -3.67. The zero-order valence-corrected chi connectivity index (χ0v) is 45.0. The fourth-order valence-electron chi connectivity index (χ4n) is 7.74. The molecule has 0 heterocycles. The molecule has 0 N–H and O–H groups in total. The summed E-state index contributed by atoms with van der Waals surface area (Å²) in [6, 6.07) is 0. The quantitative estimate of drug-likeness (QED) is 0.0262. The fourth-order valence-corrected chi connectivity index (χ4v) is 7.74. The minimum absolute atomic E-state index is 0.116. The van der Waals surface area contributed by atoms with E-state index in [1.807, 2.05) is 0 Å². The second-order valence-corrected chi connectivity index (χ2v) is 18.8. The van der Waals surface area contributed by atoms with Crippen molar-refractivity contribution < 1.29 is 28.6 Å². The molecule has 0 aliphatic rings. The van der Waals surface area contributed by atoms with Gasteiger partial charge in [-0.1, -0.05) is 227 Å². The Morgan fingerprint density at radius 1 is 0.304 bits per heavy atom. The second-order valence-electron chi connectivity index (χ2n) is 18.8. The number of ether oxygens (including phenoxy) is 3. The third-order valence-electron chi connectivity index (χ3n) is 12.0. The van der Waals surface area contributed by atoms with Crippen molar-refractivity contribution in [1.29, 1.82) is 0 Å². The number of rotatable bonds is 51. The van der Waals surface area contributed by atoms with Crippen LogP contribution in [0.3, 0.4) is 0 Å². The van der Waals surface area contributed by atoms with Crippen LogP contribution in [0.2, 0.25) is 0 Å². The predicted molar refractivity (Wildman–Crippen MR) is 297 cm³/mol. The number of hydrogen-bond donors (Lipinski definition) is 0. The molecule has 0 aromatic rings. The zero-order valence-electron chi connectivity index (χ0n) is 45.0. The molecule has 0 fully saturated rings. The van der Waals surface area contributed by atoms with E-state index in [-0.39, 0.29) is 37.5 Å². The lowest BCUT2D eigenvalue weighted by molar-refractivity contribution is -0.167. The van der Waals surface area contributed by atoms with Crippen LogP contribution < -0.4 is 0 Å². The van der Waals surface area contributed by atoms with E-state index in [0.29, 0.717) is 25.7 Å². The lowest BCUT2D eigenvalue weighted by Crippen LogP contribution is -2.30. The van der Waals surface area contributed by atoms with Crippen molar-refractivity contribution in [3.05, 3.63) is 97.2 Å². The van der Waals surface area contributed by atoms with E-state index in [4.69, 9.17) is 14.2 Å². The number of carbonyl (C=O) groups is 3. The lowest BCUT2D eigenvalue weighted by atomic mass is 10.1. The van der Waals surface area contributed by atoms with Crippen molar-refractivity contribution in [2.75, 3.05) is 13.2 Å². The lowest BCUT2D eigenvalue weighted by Gasteiger charge is -2.18. The highest BCUT2D eigenvalue weighted by molar-refractivity contribution is 5.71. The molecule has 0 saturated carbocycles. The topological polar surface area (TPSA) is 78.9 Å². The van der Waals surface area contributed by atoms with Crippen LogP contribution in [0.15, 0.2) is 97.2 Å². The third-order valence-corrected chi connectivity index (χ3v) is 12.0. The van der Waals surface area contributed by atoms with E-state index >= 15 is 0 Å². The van der Waals surface area contributed by atoms with Crippen LogP contribution in [0.4, 0.5) is 0 Å². The van der Waals surface area contributed by atoms with Crippen LogP contribution in [-0.2, 0) is 28.6 Å². The monoisotopic (exact) mass is 959 g/mol. The summed E-state index contributed by atoms with van der Waals surface area (Å²) in [5.41, 5.74) is 0. The highest BCUT2D eigenvalue weighted by Gasteiger charge is 2.19. The van der Waals surface area contributed by atoms with Gasteiger partial charge in [-0.25, -0.2) is 0 Å². The maximum atomic E-state index is 12.9. The molecule has 0 aromatic heterocycles. The number of unbranched alkanes of at least 4 members (excludes halogenated alkanes) is 24. The summed E-state index contributed by atoms with van der Waals surface area (Å²) in [5.74, 6) is -1.01. The van der Waals surface area contributed by atoms with E-state index in [2.05, 4.69) is 118 Å². The molecule has 0 rings (SSSR count). The van der Waals surface area contributed by atoms with Crippen molar-refractivity contribution in [3.8, 4) is 0 Å². The Bertz CT molecular complexity index is 1380. The Kier molecular flexibility index (Phi) is 53.9. The van der Waals surface area contributed by atoms with E-state index < -0.39 is 6.10 Å². The molecule has 0 saturated heterocycles. The summed E-state index contributed by atoms with van der Waals surface area (Å²) in [7, 11) is 0. The van der Waals surface area contributed by atoms with E-state index in [0.717, 1.165) is 77.0 Å². The Labute approximate surface area is 426 Å². The van der Waals surface area contributed by atoms with Crippen LogP contribution in [0, 0.1) is 0 Å². The van der Waals surface area contributed by atoms with Crippen LogP contribution >= 0.6 is 0 Å². The maximum Gasteiger partial charge on any atom is 0.306 e. The van der Waals surface area contributed by atoms with Gasteiger partial charge in [-0.2, -0.15) is 0 Å². The average molecular weight is 960 g/mol. The van der Waals surface area contributed by atoms with Gasteiger partial charge >= 0.3 is 17.9 Å². The molecule has 6 heteroatoms. The SMILES string of the molecule is CC/C=C\C/C=C\C/C=C\C/C=C\CCCCC(=O)OC[C@H](COC(=O)CCC/C=C\C/C=C\C/C=C\CCCCCCCC)OC(=O)CCCCCCCCCCC/C=C\CCCCCCCC. The second kappa shape index (κ2) is 56.9. The van der Waals surface area contributed by atoms with Crippen molar-refractivity contribution in [3.63, 3.8) is 0 Å².